The molecule has 0 bridgehead atoms. The van der Waals surface area contributed by atoms with Crippen molar-refractivity contribution >= 4 is 5.84 Å². The van der Waals surface area contributed by atoms with Crippen LogP contribution in [0.5, 0.6) is 0 Å². The molecule has 56 valence electrons. The minimum absolute atomic E-state index is 0.857. The van der Waals surface area contributed by atoms with Crippen LogP contribution in [0.4, 0.5) is 0 Å². The van der Waals surface area contributed by atoms with Crippen LogP contribution in [0, 0.1) is 0 Å². The highest BCUT2D eigenvalue weighted by Gasteiger charge is 2.15. The van der Waals surface area contributed by atoms with E-state index in [2.05, 4.69) is 21.4 Å². The number of aliphatic imine (C=N–C) groups is 1. The summed E-state index contributed by atoms with van der Waals surface area (Å²) < 4.78 is 0. The Labute approximate surface area is 65.2 Å². The Morgan fingerprint density at radius 2 is 2.55 bits per heavy atom. The van der Waals surface area contributed by atoms with Crippen molar-refractivity contribution < 1.29 is 0 Å². The second-order valence-electron chi connectivity index (χ2n) is 2.44. The summed E-state index contributed by atoms with van der Waals surface area (Å²) in [6, 6.07) is 4.01. The predicted molar refractivity (Wildman–Crippen MR) is 43.5 cm³/mol. The Morgan fingerprint density at radius 1 is 1.64 bits per heavy atom. The average Bonchev–Trinajstić information content (AvgIpc) is 2.47. The number of rotatable bonds is 0. The van der Waals surface area contributed by atoms with Crippen LogP contribution in [-0.4, -0.2) is 17.9 Å². The van der Waals surface area contributed by atoms with Crippen molar-refractivity contribution in [2.75, 3.05) is 7.05 Å². The van der Waals surface area contributed by atoms with Crippen LogP contribution in [0.2, 0.25) is 0 Å². The lowest BCUT2D eigenvalue weighted by Gasteiger charge is -1.94. The third-order valence-electron chi connectivity index (χ3n) is 1.79. The summed E-state index contributed by atoms with van der Waals surface area (Å²) in [5.74, 6) is 0.903. The topological polar surface area (TPSA) is 37.3 Å². The summed E-state index contributed by atoms with van der Waals surface area (Å²) in [4.78, 5) is 8.29. The van der Waals surface area contributed by atoms with Gasteiger partial charge in [-0.3, -0.25) is 9.98 Å². The van der Waals surface area contributed by atoms with E-state index >= 15 is 0 Å². The van der Waals surface area contributed by atoms with Gasteiger partial charge in [0.15, 0.2) is 0 Å². The standard InChI is InChI=1S/C8H9N3/c1-9-8-7-6(5-11-8)3-2-4-10-7/h2-4H,5H2,1H3,(H,9,11). The maximum Gasteiger partial charge on any atom is 0.147 e. The van der Waals surface area contributed by atoms with Gasteiger partial charge in [0, 0.05) is 25.4 Å². The number of amidine groups is 1. The van der Waals surface area contributed by atoms with Crippen molar-refractivity contribution in [3.05, 3.63) is 29.6 Å². The largest absolute Gasteiger partial charge is 0.364 e. The lowest BCUT2D eigenvalue weighted by molar-refractivity contribution is 0.959. The van der Waals surface area contributed by atoms with Gasteiger partial charge >= 0.3 is 0 Å². The fraction of sp³-hybridized carbons (Fsp3) is 0.250. The van der Waals surface area contributed by atoms with Gasteiger partial charge in [-0.25, -0.2) is 0 Å². The molecule has 1 aromatic heterocycles. The zero-order valence-electron chi connectivity index (χ0n) is 6.33. The molecule has 0 saturated carbocycles. The number of pyridine rings is 1. The molecule has 0 unspecified atom stereocenters. The van der Waals surface area contributed by atoms with Crippen molar-refractivity contribution in [2.24, 2.45) is 4.99 Å². The second-order valence-corrected chi connectivity index (χ2v) is 2.44. The Kier molecular flexibility index (Phi) is 1.35. The number of nitrogens with one attached hydrogen (secondary N) is 1. The summed E-state index contributed by atoms with van der Waals surface area (Å²) in [5, 5.41) is 3.16. The maximum absolute atomic E-state index is 4.22. The van der Waals surface area contributed by atoms with Crippen LogP contribution in [0.15, 0.2) is 23.3 Å². The molecule has 2 heterocycles. The molecule has 1 aliphatic rings. The van der Waals surface area contributed by atoms with E-state index in [0.29, 0.717) is 0 Å². The van der Waals surface area contributed by atoms with E-state index in [1.807, 2.05) is 6.07 Å². The van der Waals surface area contributed by atoms with Crippen molar-refractivity contribution in [1.82, 2.24) is 10.3 Å². The normalized spacial score (nSPS) is 18.1. The lowest BCUT2D eigenvalue weighted by Crippen LogP contribution is -2.14. The van der Waals surface area contributed by atoms with Crippen LogP contribution < -0.4 is 5.32 Å². The SMILES string of the molecule is CN=C1NCc2cccnc21. The monoisotopic (exact) mass is 147 g/mol. The minimum Gasteiger partial charge on any atom is -0.364 e. The smallest absolute Gasteiger partial charge is 0.147 e. The molecule has 0 fully saturated rings. The molecule has 1 N–H and O–H groups in total. The van der Waals surface area contributed by atoms with Gasteiger partial charge in [0.05, 0.1) is 0 Å². The Balaban J connectivity index is 2.55. The molecular weight excluding hydrogens is 138 g/mol. The summed E-state index contributed by atoms with van der Waals surface area (Å²) in [5.41, 5.74) is 2.23. The predicted octanol–water partition coefficient (Wildman–Crippen LogP) is 0.561. The van der Waals surface area contributed by atoms with E-state index in [-0.39, 0.29) is 0 Å². The Morgan fingerprint density at radius 3 is 3.36 bits per heavy atom. The van der Waals surface area contributed by atoms with Crippen LogP contribution in [0.25, 0.3) is 0 Å². The quantitative estimate of drug-likeness (QED) is 0.582. The van der Waals surface area contributed by atoms with E-state index in [1.165, 1.54) is 5.56 Å². The summed E-state index contributed by atoms with van der Waals surface area (Å²) in [6.45, 7) is 0.857. The lowest BCUT2D eigenvalue weighted by atomic mass is 10.2. The number of aromatic nitrogens is 1. The van der Waals surface area contributed by atoms with Gasteiger partial charge in [-0.2, -0.15) is 0 Å². The fourth-order valence-electron chi connectivity index (χ4n) is 1.24. The van der Waals surface area contributed by atoms with Crippen molar-refractivity contribution in [3.8, 4) is 0 Å². The minimum atomic E-state index is 0.857. The van der Waals surface area contributed by atoms with Gasteiger partial charge < -0.3 is 5.32 Å². The van der Waals surface area contributed by atoms with Gasteiger partial charge in [0.2, 0.25) is 0 Å². The van der Waals surface area contributed by atoms with E-state index < -0.39 is 0 Å². The van der Waals surface area contributed by atoms with Crippen LogP contribution in [-0.2, 0) is 6.54 Å². The number of fused-ring (bicyclic) bond motifs is 1. The molecule has 1 aliphatic heterocycles. The Bertz CT molecular complexity index is 304. The van der Waals surface area contributed by atoms with Crippen molar-refractivity contribution in [3.63, 3.8) is 0 Å². The summed E-state index contributed by atoms with van der Waals surface area (Å²) >= 11 is 0. The third-order valence-corrected chi connectivity index (χ3v) is 1.79. The van der Waals surface area contributed by atoms with Gasteiger partial charge in [-0.15, -0.1) is 0 Å². The molecule has 3 nitrogen and oxygen atoms in total. The van der Waals surface area contributed by atoms with E-state index in [4.69, 9.17) is 0 Å². The Hall–Kier alpha value is -1.38. The van der Waals surface area contributed by atoms with Crippen molar-refractivity contribution in [2.45, 2.75) is 6.54 Å². The number of hydrogen-bond acceptors (Lipinski definition) is 2. The molecule has 0 spiro atoms. The average molecular weight is 147 g/mol. The molecule has 0 radical (unpaired) electrons. The molecule has 3 heteroatoms. The zero-order valence-corrected chi connectivity index (χ0v) is 6.33. The first kappa shape index (κ1) is 6.34. The molecule has 0 atom stereocenters. The zero-order chi connectivity index (χ0) is 7.68. The molecular formula is C8H9N3. The maximum atomic E-state index is 4.22. The van der Waals surface area contributed by atoms with Gasteiger partial charge in [-0.1, -0.05) is 6.07 Å². The third kappa shape index (κ3) is 0.888. The summed E-state index contributed by atoms with van der Waals surface area (Å²) in [7, 11) is 1.77. The van der Waals surface area contributed by atoms with Gasteiger partial charge in [-0.05, 0) is 6.07 Å². The molecule has 2 rings (SSSR count). The number of nitrogens with zero attached hydrogens (tertiary/aromatic N) is 2. The first-order valence-electron chi connectivity index (χ1n) is 3.57. The molecule has 1 aromatic rings. The molecule has 11 heavy (non-hydrogen) atoms. The van der Waals surface area contributed by atoms with E-state index in [9.17, 15) is 0 Å². The molecule has 0 saturated heterocycles. The molecule has 0 aromatic carbocycles. The van der Waals surface area contributed by atoms with Crippen LogP contribution in [0.3, 0.4) is 0 Å². The highest BCUT2D eigenvalue weighted by Crippen LogP contribution is 2.11. The highest BCUT2D eigenvalue weighted by atomic mass is 15.0. The molecule has 0 amide bonds. The number of hydrogen-bond donors (Lipinski definition) is 1. The molecule has 0 aliphatic carbocycles. The fourth-order valence-corrected chi connectivity index (χ4v) is 1.24. The van der Waals surface area contributed by atoms with E-state index in [0.717, 1.165) is 18.1 Å². The highest BCUT2D eigenvalue weighted by molar-refractivity contribution is 6.00. The summed E-state index contributed by atoms with van der Waals surface area (Å²) in [6.07, 6.45) is 1.79. The second kappa shape index (κ2) is 2.34. The first-order chi connectivity index (χ1) is 5.42. The van der Waals surface area contributed by atoms with Gasteiger partial charge in [0.25, 0.3) is 0 Å². The van der Waals surface area contributed by atoms with Crippen LogP contribution >= 0.6 is 0 Å². The van der Waals surface area contributed by atoms with Gasteiger partial charge in [0.1, 0.15) is 11.5 Å². The first-order valence-corrected chi connectivity index (χ1v) is 3.57. The van der Waals surface area contributed by atoms with Crippen molar-refractivity contribution in [1.29, 1.82) is 0 Å². The van der Waals surface area contributed by atoms with Crippen LogP contribution in [0.1, 0.15) is 11.3 Å². The van der Waals surface area contributed by atoms with E-state index in [1.54, 1.807) is 13.2 Å².